The number of H-pyrrole nitrogens is 1. The first kappa shape index (κ1) is 16.8. The van der Waals surface area contributed by atoms with Crippen LogP contribution in [0.4, 0.5) is 0 Å². The van der Waals surface area contributed by atoms with Crippen LogP contribution in [-0.2, 0) is 11.3 Å². The highest BCUT2D eigenvalue weighted by Gasteiger charge is 2.21. The summed E-state index contributed by atoms with van der Waals surface area (Å²) in [5.74, 6) is 1.12. The number of benzene rings is 1. The maximum absolute atomic E-state index is 12.2. The molecule has 0 spiro atoms. The number of hydrogen-bond donors (Lipinski definition) is 3. The van der Waals surface area contributed by atoms with Gasteiger partial charge < -0.3 is 15.6 Å². The van der Waals surface area contributed by atoms with Crippen LogP contribution in [0.5, 0.6) is 0 Å². The van der Waals surface area contributed by atoms with E-state index in [0.717, 1.165) is 37.0 Å². The fraction of sp³-hybridized carbons (Fsp3) is 0.556. The predicted molar refractivity (Wildman–Crippen MR) is 94.9 cm³/mol. The summed E-state index contributed by atoms with van der Waals surface area (Å²) in [6.45, 7) is 5.23. The summed E-state index contributed by atoms with van der Waals surface area (Å²) in [5, 5.41) is 6.31. The van der Waals surface area contributed by atoms with E-state index in [0.29, 0.717) is 31.3 Å². The molecule has 24 heavy (non-hydrogen) atoms. The average molecular weight is 330 g/mol. The Morgan fingerprint density at radius 2 is 2.08 bits per heavy atom. The topological polar surface area (TPSA) is 78.9 Å². The van der Waals surface area contributed by atoms with E-state index in [1.807, 2.05) is 24.3 Å². The van der Waals surface area contributed by atoms with Crippen molar-refractivity contribution in [1.82, 2.24) is 20.2 Å². The maximum atomic E-state index is 12.2. The standard InChI is InChI=1S/C18H26N4O2/c1-13(14-6-8-19-9-7-14)12-17(23)20-10-11-22-16-5-3-2-4-15(16)21-18(22)24/h2-5,13-14,19H,6-12H2,1H3,(H,20,23)(H,21,24). The van der Waals surface area contributed by atoms with E-state index in [1.54, 1.807) is 4.57 Å². The number of hydrogen-bond acceptors (Lipinski definition) is 3. The first-order valence-electron chi connectivity index (χ1n) is 8.80. The van der Waals surface area contributed by atoms with Crippen molar-refractivity contribution < 1.29 is 4.79 Å². The zero-order valence-corrected chi connectivity index (χ0v) is 14.2. The number of nitrogens with zero attached hydrogens (tertiary/aromatic N) is 1. The molecule has 1 saturated heterocycles. The summed E-state index contributed by atoms with van der Waals surface area (Å²) in [6.07, 6.45) is 2.87. The lowest BCUT2D eigenvalue weighted by Gasteiger charge is -2.27. The Balaban J connectivity index is 1.49. The third-order valence-electron chi connectivity index (χ3n) is 5.04. The molecule has 1 aliphatic rings. The molecule has 1 atom stereocenters. The van der Waals surface area contributed by atoms with Gasteiger partial charge in [-0.1, -0.05) is 19.1 Å². The van der Waals surface area contributed by atoms with Gasteiger partial charge >= 0.3 is 5.69 Å². The van der Waals surface area contributed by atoms with Crippen molar-refractivity contribution in [2.75, 3.05) is 19.6 Å². The number of piperidine rings is 1. The molecule has 6 nitrogen and oxygen atoms in total. The highest BCUT2D eigenvalue weighted by atomic mass is 16.2. The van der Waals surface area contributed by atoms with Crippen molar-refractivity contribution in [3.63, 3.8) is 0 Å². The average Bonchev–Trinajstić information content (AvgIpc) is 2.91. The summed E-state index contributed by atoms with van der Waals surface area (Å²) < 4.78 is 1.67. The van der Waals surface area contributed by atoms with Gasteiger partial charge in [-0.3, -0.25) is 9.36 Å². The number of fused-ring (bicyclic) bond motifs is 1. The van der Waals surface area contributed by atoms with E-state index in [1.165, 1.54) is 0 Å². The quantitative estimate of drug-likeness (QED) is 0.750. The Labute approximate surface area is 141 Å². The van der Waals surface area contributed by atoms with Crippen LogP contribution < -0.4 is 16.3 Å². The molecule has 0 saturated carbocycles. The van der Waals surface area contributed by atoms with Crippen molar-refractivity contribution in [3.05, 3.63) is 34.7 Å². The normalized spacial score (nSPS) is 17.0. The summed E-state index contributed by atoms with van der Waals surface area (Å²) in [7, 11) is 0. The number of amides is 1. The zero-order chi connectivity index (χ0) is 16.9. The SMILES string of the molecule is CC(CC(=O)NCCn1c(=O)[nH]c2ccccc21)C1CCNCC1. The number of para-hydroxylation sites is 2. The van der Waals surface area contributed by atoms with Crippen LogP contribution >= 0.6 is 0 Å². The molecule has 0 aliphatic carbocycles. The van der Waals surface area contributed by atoms with Gasteiger partial charge in [0.25, 0.3) is 0 Å². The van der Waals surface area contributed by atoms with Crippen molar-refractivity contribution in [2.45, 2.75) is 32.7 Å². The van der Waals surface area contributed by atoms with Crippen molar-refractivity contribution in [2.24, 2.45) is 11.8 Å². The van der Waals surface area contributed by atoms with E-state index in [-0.39, 0.29) is 11.6 Å². The zero-order valence-electron chi connectivity index (χ0n) is 14.2. The van der Waals surface area contributed by atoms with Crippen LogP contribution in [-0.4, -0.2) is 35.1 Å². The Kier molecular flexibility index (Phi) is 5.35. The van der Waals surface area contributed by atoms with Gasteiger partial charge in [0.05, 0.1) is 11.0 Å². The minimum Gasteiger partial charge on any atom is -0.354 e. The number of nitrogens with one attached hydrogen (secondary N) is 3. The number of carbonyl (C=O) groups is 1. The van der Waals surface area contributed by atoms with Gasteiger partial charge in [-0.2, -0.15) is 0 Å². The summed E-state index contributed by atoms with van der Waals surface area (Å²) in [6, 6.07) is 7.60. The van der Waals surface area contributed by atoms with Gasteiger partial charge in [0.1, 0.15) is 0 Å². The molecule has 1 aromatic heterocycles. The van der Waals surface area contributed by atoms with Crippen LogP contribution in [0, 0.1) is 11.8 Å². The number of aromatic nitrogens is 2. The van der Waals surface area contributed by atoms with Crippen molar-refractivity contribution in [3.8, 4) is 0 Å². The lowest BCUT2D eigenvalue weighted by molar-refractivity contribution is -0.122. The molecule has 2 aromatic rings. The van der Waals surface area contributed by atoms with Gasteiger partial charge in [0.2, 0.25) is 5.91 Å². The van der Waals surface area contributed by atoms with Crippen LogP contribution in [0.25, 0.3) is 11.0 Å². The number of carbonyl (C=O) groups excluding carboxylic acids is 1. The molecule has 0 bridgehead atoms. The van der Waals surface area contributed by atoms with E-state index in [9.17, 15) is 9.59 Å². The fourth-order valence-electron chi connectivity index (χ4n) is 3.58. The molecule has 1 amide bonds. The third-order valence-corrected chi connectivity index (χ3v) is 5.04. The van der Waals surface area contributed by atoms with Gasteiger partial charge in [-0.25, -0.2) is 4.79 Å². The second kappa shape index (κ2) is 7.66. The first-order chi connectivity index (χ1) is 11.6. The molecular weight excluding hydrogens is 304 g/mol. The minimum absolute atomic E-state index is 0.0777. The van der Waals surface area contributed by atoms with E-state index < -0.39 is 0 Å². The number of rotatable bonds is 6. The summed E-state index contributed by atoms with van der Waals surface area (Å²) >= 11 is 0. The first-order valence-corrected chi connectivity index (χ1v) is 8.80. The van der Waals surface area contributed by atoms with Gasteiger partial charge in [-0.05, 0) is 49.9 Å². The van der Waals surface area contributed by atoms with Gasteiger partial charge in [0, 0.05) is 19.5 Å². The van der Waals surface area contributed by atoms with Gasteiger partial charge in [0.15, 0.2) is 0 Å². The van der Waals surface area contributed by atoms with Crippen LogP contribution in [0.1, 0.15) is 26.2 Å². The molecule has 1 aliphatic heterocycles. The van der Waals surface area contributed by atoms with Crippen LogP contribution in [0.3, 0.4) is 0 Å². The van der Waals surface area contributed by atoms with Crippen LogP contribution in [0.2, 0.25) is 0 Å². The Bertz CT molecular complexity index is 743. The molecule has 0 radical (unpaired) electrons. The van der Waals surface area contributed by atoms with Gasteiger partial charge in [-0.15, -0.1) is 0 Å². The molecule has 6 heteroatoms. The molecular formula is C18H26N4O2. The lowest BCUT2D eigenvalue weighted by atomic mass is 9.84. The van der Waals surface area contributed by atoms with Crippen molar-refractivity contribution in [1.29, 1.82) is 0 Å². The molecule has 2 heterocycles. The summed E-state index contributed by atoms with van der Waals surface area (Å²) in [4.78, 5) is 27.0. The second-order valence-corrected chi connectivity index (χ2v) is 6.72. The molecule has 1 aromatic carbocycles. The minimum atomic E-state index is -0.131. The molecule has 3 rings (SSSR count). The fourth-order valence-corrected chi connectivity index (χ4v) is 3.58. The van der Waals surface area contributed by atoms with Crippen molar-refractivity contribution >= 4 is 16.9 Å². The lowest BCUT2D eigenvalue weighted by Crippen LogP contribution is -2.34. The highest BCUT2D eigenvalue weighted by Crippen LogP contribution is 2.24. The van der Waals surface area contributed by atoms with E-state index >= 15 is 0 Å². The summed E-state index contributed by atoms with van der Waals surface area (Å²) in [5.41, 5.74) is 1.57. The van der Waals surface area contributed by atoms with E-state index in [2.05, 4.69) is 22.5 Å². The largest absolute Gasteiger partial charge is 0.354 e. The second-order valence-electron chi connectivity index (χ2n) is 6.72. The molecule has 1 fully saturated rings. The maximum Gasteiger partial charge on any atom is 0.326 e. The Morgan fingerprint density at radius 1 is 1.33 bits per heavy atom. The third kappa shape index (κ3) is 3.87. The smallest absolute Gasteiger partial charge is 0.326 e. The van der Waals surface area contributed by atoms with E-state index in [4.69, 9.17) is 0 Å². The predicted octanol–water partition coefficient (Wildman–Crippen LogP) is 1.47. The number of aromatic amines is 1. The Morgan fingerprint density at radius 3 is 2.88 bits per heavy atom. The molecule has 130 valence electrons. The highest BCUT2D eigenvalue weighted by molar-refractivity contribution is 5.76. The number of imidazole rings is 1. The molecule has 1 unspecified atom stereocenters. The Hall–Kier alpha value is -2.08. The molecule has 3 N–H and O–H groups in total. The van der Waals surface area contributed by atoms with Crippen LogP contribution in [0.15, 0.2) is 29.1 Å². The monoisotopic (exact) mass is 330 g/mol.